The lowest BCUT2D eigenvalue weighted by Crippen LogP contribution is -2.35. The Hall–Kier alpha value is -1.65. The van der Waals surface area contributed by atoms with Gasteiger partial charge in [-0.1, -0.05) is 5.16 Å². The van der Waals surface area contributed by atoms with Gasteiger partial charge in [0.1, 0.15) is 12.1 Å². The van der Waals surface area contributed by atoms with Gasteiger partial charge in [-0.05, 0) is 25.7 Å². The van der Waals surface area contributed by atoms with Crippen LogP contribution in [0.15, 0.2) is 11.5 Å². The fourth-order valence-electron chi connectivity index (χ4n) is 2.85. The number of nitrogens with zero attached hydrogens (tertiary/aromatic N) is 4. The number of hydrogen-bond acceptors (Lipinski definition) is 5. The summed E-state index contributed by atoms with van der Waals surface area (Å²) in [5.41, 5.74) is 3.47. The molecule has 0 spiro atoms. The molecule has 1 saturated heterocycles. The van der Waals surface area contributed by atoms with Crippen molar-refractivity contribution >= 4 is 11.5 Å². The van der Waals surface area contributed by atoms with E-state index in [9.17, 15) is 0 Å². The molecule has 5 nitrogen and oxygen atoms in total. The van der Waals surface area contributed by atoms with E-state index in [0.717, 1.165) is 50.3 Å². The van der Waals surface area contributed by atoms with Crippen LogP contribution in [-0.4, -0.2) is 34.0 Å². The molecule has 1 aromatic heterocycles. The van der Waals surface area contributed by atoms with Gasteiger partial charge in [0, 0.05) is 37.2 Å². The summed E-state index contributed by atoms with van der Waals surface area (Å²) in [6, 6.07) is 0. The predicted molar refractivity (Wildman–Crippen MR) is 69.3 cm³/mol. The molecule has 1 aliphatic heterocycles. The van der Waals surface area contributed by atoms with Crippen molar-refractivity contribution in [2.75, 3.05) is 18.0 Å². The number of hydrogen-bond donors (Lipinski definition) is 1. The van der Waals surface area contributed by atoms with E-state index in [0.29, 0.717) is 0 Å². The van der Waals surface area contributed by atoms with Crippen molar-refractivity contribution in [1.29, 1.82) is 0 Å². The minimum atomic E-state index is 0.829. The van der Waals surface area contributed by atoms with Crippen molar-refractivity contribution in [2.24, 2.45) is 5.16 Å². The van der Waals surface area contributed by atoms with E-state index in [1.165, 1.54) is 24.1 Å². The van der Waals surface area contributed by atoms with Gasteiger partial charge in [-0.15, -0.1) is 0 Å². The van der Waals surface area contributed by atoms with E-state index in [4.69, 9.17) is 5.21 Å². The summed E-state index contributed by atoms with van der Waals surface area (Å²) in [6.07, 6.45) is 8.01. The van der Waals surface area contributed by atoms with Crippen molar-refractivity contribution in [2.45, 2.75) is 38.5 Å². The normalized spacial score (nSPS) is 19.6. The van der Waals surface area contributed by atoms with Crippen LogP contribution >= 0.6 is 0 Å². The molecule has 1 aliphatic carbocycles. The molecular formula is C13H18N4O. The molecular weight excluding hydrogens is 228 g/mol. The van der Waals surface area contributed by atoms with Gasteiger partial charge in [-0.2, -0.15) is 0 Å². The number of piperidine rings is 1. The van der Waals surface area contributed by atoms with Crippen molar-refractivity contribution in [3.8, 4) is 0 Å². The Kier molecular flexibility index (Phi) is 3.13. The Morgan fingerprint density at radius 2 is 1.83 bits per heavy atom. The van der Waals surface area contributed by atoms with Crippen LogP contribution in [0.5, 0.6) is 0 Å². The second kappa shape index (κ2) is 4.92. The number of anilines is 1. The van der Waals surface area contributed by atoms with E-state index in [1.807, 2.05) is 0 Å². The molecule has 0 aromatic carbocycles. The first-order chi connectivity index (χ1) is 8.88. The highest BCUT2D eigenvalue weighted by atomic mass is 16.4. The second-order valence-electron chi connectivity index (χ2n) is 4.98. The third kappa shape index (κ3) is 2.05. The monoisotopic (exact) mass is 246 g/mol. The van der Waals surface area contributed by atoms with Crippen LogP contribution in [0.3, 0.4) is 0 Å². The highest BCUT2D eigenvalue weighted by Crippen LogP contribution is 2.28. The maximum Gasteiger partial charge on any atom is 0.135 e. The van der Waals surface area contributed by atoms with E-state index >= 15 is 0 Å². The first-order valence-corrected chi connectivity index (χ1v) is 6.66. The SMILES string of the molecule is ON=C1CCN(c2ncnc3c2CCCC3)CC1. The lowest BCUT2D eigenvalue weighted by Gasteiger charge is -2.31. The van der Waals surface area contributed by atoms with Crippen LogP contribution in [0.2, 0.25) is 0 Å². The Balaban J connectivity index is 1.84. The summed E-state index contributed by atoms with van der Waals surface area (Å²) < 4.78 is 0. The second-order valence-corrected chi connectivity index (χ2v) is 4.98. The minimum Gasteiger partial charge on any atom is -0.411 e. The maximum absolute atomic E-state index is 8.78. The average molecular weight is 246 g/mol. The summed E-state index contributed by atoms with van der Waals surface area (Å²) in [4.78, 5) is 11.2. The standard InChI is InChI=1S/C13H18N4O/c18-16-10-5-7-17(8-6-10)13-11-3-1-2-4-12(11)14-9-15-13/h9,18H,1-8H2. The Morgan fingerprint density at radius 1 is 1.06 bits per heavy atom. The minimum absolute atomic E-state index is 0.829. The first-order valence-electron chi connectivity index (χ1n) is 6.66. The smallest absolute Gasteiger partial charge is 0.135 e. The zero-order chi connectivity index (χ0) is 12.4. The molecule has 0 amide bonds. The summed E-state index contributed by atoms with van der Waals surface area (Å²) in [7, 11) is 0. The molecule has 0 saturated carbocycles. The van der Waals surface area contributed by atoms with Gasteiger partial charge in [0.2, 0.25) is 0 Å². The summed E-state index contributed by atoms with van der Waals surface area (Å²) in [6.45, 7) is 1.78. The molecule has 18 heavy (non-hydrogen) atoms. The molecule has 1 fully saturated rings. The molecule has 96 valence electrons. The molecule has 3 rings (SSSR count). The van der Waals surface area contributed by atoms with E-state index < -0.39 is 0 Å². The summed E-state index contributed by atoms with van der Waals surface area (Å²) in [5.74, 6) is 1.11. The number of oxime groups is 1. The number of aryl methyl sites for hydroxylation is 1. The predicted octanol–water partition coefficient (Wildman–Crippen LogP) is 1.79. The van der Waals surface area contributed by atoms with Crippen LogP contribution in [0.4, 0.5) is 5.82 Å². The van der Waals surface area contributed by atoms with Crippen molar-refractivity contribution < 1.29 is 5.21 Å². The van der Waals surface area contributed by atoms with Gasteiger partial charge >= 0.3 is 0 Å². The van der Waals surface area contributed by atoms with Crippen LogP contribution in [-0.2, 0) is 12.8 Å². The molecule has 0 bridgehead atoms. The third-order valence-electron chi connectivity index (χ3n) is 3.88. The fraction of sp³-hybridized carbons (Fsp3) is 0.615. The van der Waals surface area contributed by atoms with Gasteiger partial charge in [0.25, 0.3) is 0 Å². The lowest BCUT2D eigenvalue weighted by molar-refractivity contribution is 0.315. The Labute approximate surface area is 107 Å². The van der Waals surface area contributed by atoms with Gasteiger partial charge in [-0.3, -0.25) is 0 Å². The zero-order valence-electron chi connectivity index (χ0n) is 10.5. The van der Waals surface area contributed by atoms with Crippen molar-refractivity contribution in [1.82, 2.24) is 9.97 Å². The van der Waals surface area contributed by atoms with E-state index in [2.05, 4.69) is 20.0 Å². The highest BCUT2D eigenvalue weighted by Gasteiger charge is 2.22. The lowest BCUT2D eigenvalue weighted by atomic mass is 9.95. The number of fused-ring (bicyclic) bond motifs is 1. The largest absolute Gasteiger partial charge is 0.411 e. The number of aromatic nitrogens is 2. The van der Waals surface area contributed by atoms with Crippen LogP contribution in [0.1, 0.15) is 36.9 Å². The van der Waals surface area contributed by atoms with Crippen LogP contribution in [0, 0.1) is 0 Å². The highest BCUT2D eigenvalue weighted by molar-refractivity contribution is 5.86. The molecule has 0 radical (unpaired) electrons. The van der Waals surface area contributed by atoms with E-state index in [1.54, 1.807) is 6.33 Å². The molecule has 2 heterocycles. The average Bonchev–Trinajstić information content (AvgIpc) is 2.47. The molecule has 1 N–H and O–H groups in total. The van der Waals surface area contributed by atoms with Crippen molar-refractivity contribution in [3.05, 3.63) is 17.6 Å². The van der Waals surface area contributed by atoms with E-state index in [-0.39, 0.29) is 0 Å². The third-order valence-corrected chi connectivity index (χ3v) is 3.88. The van der Waals surface area contributed by atoms with Gasteiger partial charge in [0.15, 0.2) is 0 Å². The molecule has 1 aromatic rings. The molecule has 5 heteroatoms. The molecule has 0 atom stereocenters. The summed E-state index contributed by atoms with van der Waals surface area (Å²) in [5, 5.41) is 12.1. The van der Waals surface area contributed by atoms with Crippen LogP contribution in [0.25, 0.3) is 0 Å². The van der Waals surface area contributed by atoms with Crippen molar-refractivity contribution in [3.63, 3.8) is 0 Å². The topological polar surface area (TPSA) is 61.6 Å². The van der Waals surface area contributed by atoms with Crippen LogP contribution < -0.4 is 4.90 Å². The first kappa shape index (κ1) is 11.4. The maximum atomic E-state index is 8.78. The zero-order valence-corrected chi connectivity index (χ0v) is 10.5. The molecule has 2 aliphatic rings. The van der Waals surface area contributed by atoms with Gasteiger partial charge in [0.05, 0.1) is 5.71 Å². The quantitative estimate of drug-likeness (QED) is 0.606. The van der Waals surface area contributed by atoms with Gasteiger partial charge < -0.3 is 10.1 Å². The van der Waals surface area contributed by atoms with Gasteiger partial charge in [-0.25, -0.2) is 9.97 Å². The Bertz CT molecular complexity index is 462. The Morgan fingerprint density at radius 3 is 2.61 bits per heavy atom. The summed E-state index contributed by atoms with van der Waals surface area (Å²) >= 11 is 0. The molecule has 0 unspecified atom stereocenters. The fourth-order valence-corrected chi connectivity index (χ4v) is 2.85. The number of rotatable bonds is 1.